The molecule has 1 unspecified atom stereocenters. The molecule has 1 aromatic carbocycles. The number of rotatable bonds is 4. The van der Waals surface area contributed by atoms with Crippen LogP contribution in [-0.2, 0) is 0 Å². The van der Waals surface area contributed by atoms with Gasteiger partial charge in [0.2, 0.25) is 0 Å². The van der Waals surface area contributed by atoms with Gasteiger partial charge in [0.05, 0.1) is 23.1 Å². The zero-order valence-electron chi connectivity index (χ0n) is 12.6. The first kappa shape index (κ1) is 15.6. The van der Waals surface area contributed by atoms with Gasteiger partial charge in [0.15, 0.2) is 0 Å². The van der Waals surface area contributed by atoms with E-state index in [1.54, 1.807) is 12.1 Å². The largest absolute Gasteiger partial charge is 0.387 e. The third-order valence-electron chi connectivity index (χ3n) is 4.03. The van der Waals surface area contributed by atoms with Gasteiger partial charge in [-0.05, 0) is 31.5 Å². The summed E-state index contributed by atoms with van der Waals surface area (Å²) in [6.07, 6.45) is 2.91. The van der Waals surface area contributed by atoms with Crippen LogP contribution in [0.15, 0.2) is 30.5 Å². The maximum atomic E-state index is 13.4. The molecule has 1 atom stereocenters. The number of carbonyl (C=O) groups excluding carboxylic acids is 1. The second-order valence-electron chi connectivity index (χ2n) is 5.86. The third-order valence-corrected chi connectivity index (χ3v) is 4.03. The molecule has 1 aliphatic rings. The van der Waals surface area contributed by atoms with E-state index in [0.29, 0.717) is 29.8 Å². The topological polar surface area (TPSA) is 90.0 Å². The predicted molar refractivity (Wildman–Crippen MR) is 83.4 cm³/mol. The van der Waals surface area contributed by atoms with Crippen molar-refractivity contribution in [3.05, 3.63) is 41.8 Å². The molecule has 3 rings (SSSR count). The van der Waals surface area contributed by atoms with Crippen LogP contribution < -0.4 is 10.6 Å². The molecule has 4 N–H and O–H groups in total. The van der Waals surface area contributed by atoms with E-state index < -0.39 is 5.60 Å². The first-order valence-electron chi connectivity index (χ1n) is 7.58. The summed E-state index contributed by atoms with van der Waals surface area (Å²) in [6, 6.07) is 5.95. The van der Waals surface area contributed by atoms with Crippen LogP contribution in [0.5, 0.6) is 0 Å². The smallest absolute Gasteiger partial charge is 0.255 e. The number of halogens is 1. The molecular formula is C16H19FN4O2. The van der Waals surface area contributed by atoms with Crippen molar-refractivity contribution in [3.63, 3.8) is 0 Å². The van der Waals surface area contributed by atoms with Crippen LogP contribution in [0.4, 0.5) is 4.39 Å². The number of piperidine rings is 1. The van der Waals surface area contributed by atoms with Gasteiger partial charge in [0.25, 0.3) is 5.91 Å². The predicted octanol–water partition coefficient (Wildman–Crippen LogP) is 1.06. The fourth-order valence-electron chi connectivity index (χ4n) is 2.77. The molecule has 0 bridgehead atoms. The van der Waals surface area contributed by atoms with E-state index in [9.17, 15) is 14.3 Å². The van der Waals surface area contributed by atoms with Gasteiger partial charge < -0.3 is 15.7 Å². The highest BCUT2D eigenvalue weighted by Crippen LogP contribution is 2.22. The summed E-state index contributed by atoms with van der Waals surface area (Å²) in [5.74, 6) is -0.733. The number of aromatic nitrogens is 2. The van der Waals surface area contributed by atoms with Crippen LogP contribution in [0.25, 0.3) is 11.3 Å². The van der Waals surface area contributed by atoms with Gasteiger partial charge in [-0.1, -0.05) is 12.1 Å². The lowest BCUT2D eigenvalue weighted by Gasteiger charge is -2.32. The van der Waals surface area contributed by atoms with Gasteiger partial charge in [0.1, 0.15) is 5.82 Å². The van der Waals surface area contributed by atoms with Crippen molar-refractivity contribution in [3.8, 4) is 11.3 Å². The molecule has 2 aromatic rings. The Balaban J connectivity index is 1.72. The number of amides is 1. The standard InChI is InChI=1S/C16H19FN4O2/c17-12-4-1-3-11(7-12)14-13(8-20-21-14)15(22)19-10-16(23)5-2-6-18-9-16/h1,3-4,7-8,18,23H,2,5-6,9-10H2,(H,19,22)(H,20,21). The van der Waals surface area contributed by atoms with Crippen LogP contribution in [0.2, 0.25) is 0 Å². The number of carbonyl (C=O) groups is 1. The van der Waals surface area contributed by atoms with E-state index in [1.807, 2.05) is 0 Å². The average molecular weight is 318 g/mol. The van der Waals surface area contributed by atoms with E-state index in [1.165, 1.54) is 18.3 Å². The lowest BCUT2D eigenvalue weighted by Crippen LogP contribution is -2.52. The van der Waals surface area contributed by atoms with Crippen molar-refractivity contribution < 1.29 is 14.3 Å². The minimum absolute atomic E-state index is 0.159. The van der Waals surface area contributed by atoms with Crippen LogP contribution >= 0.6 is 0 Å². The van der Waals surface area contributed by atoms with Crippen LogP contribution in [-0.4, -0.2) is 46.4 Å². The van der Waals surface area contributed by atoms with Gasteiger partial charge in [-0.15, -0.1) is 0 Å². The summed E-state index contributed by atoms with van der Waals surface area (Å²) >= 11 is 0. The number of H-pyrrole nitrogens is 1. The third kappa shape index (κ3) is 3.57. The second kappa shape index (κ2) is 6.47. The molecule has 0 radical (unpaired) electrons. The Morgan fingerprint density at radius 1 is 1.48 bits per heavy atom. The molecule has 1 fully saturated rings. The number of nitrogens with one attached hydrogen (secondary N) is 3. The highest BCUT2D eigenvalue weighted by Gasteiger charge is 2.30. The number of aliphatic hydroxyl groups is 1. The molecule has 2 heterocycles. The minimum Gasteiger partial charge on any atom is -0.387 e. The lowest BCUT2D eigenvalue weighted by atomic mass is 9.94. The van der Waals surface area contributed by atoms with Gasteiger partial charge >= 0.3 is 0 Å². The Morgan fingerprint density at radius 2 is 2.35 bits per heavy atom. The van der Waals surface area contributed by atoms with E-state index in [4.69, 9.17) is 0 Å². The SMILES string of the molecule is O=C(NCC1(O)CCCNC1)c1cn[nH]c1-c1cccc(F)c1. The van der Waals surface area contributed by atoms with E-state index in [-0.39, 0.29) is 18.3 Å². The van der Waals surface area contributed by atoms with E-state index in [2.05, 4.69) is 20.8 Å². The summed E-state index contributed by atoms with van der Waals surface area (Å²) in [5.41, 5.74) is 0.390. The number of hydrogen-bond donors (Lipinski definition) is 4. The van der Waals surface area contributed by atoms with Crippen molar-refractivity contribution in [1.29, 1.82) is 0 Å². The average Bonchev–Trinajstić information content (AvgIpc) is 3.03. The Kier molecular flexibility index (Phi) is 4.40. The lowest BCUT2D eigenvalue weighted by molar-refractivity contribution is 0.0170. The monoisotopic (exact) mass is 318 g/mol. The Labute approximate surface area is 133 Å². The van der Waals surface area contributed by atoms with Crippen molar-refractivity contribution in [2.75, 3.05) is 19.6 Å². The molecule has 0 saturated carbocycles. The first-order valence-corrected chi connectivity index (χ1v) is 7.58. The molecule has 122 valence electrons. The first-order chi connectivity index (χ1) is 11.1. The number of hydrogen-bond acceptors (Lipinski definition) is 4. The fourth-order valence-corrected chi connectivity index (χ4v) is 2.77. The molecule has 1 amide bonds. The number of β-amino-alcohol motifs (C(OH)–C–C–N with tert-alkyl or cyclic N) is 1. The molecule has 1 aliphatic heterocycles. The highest BCUT2D eigenvalue weighted by molar-refractivity contribution is 5.99. The zero-order chi connectivity index (χ0) is 16.3. The Morgan fingerprint density at radius 3 is 3.09 bits per heavy atom. The summed E-state index contributed by atoms with van der Waals surface area (Å²) in [6.45, 7) is 1.49. The molecule has 0 aliphatic carbocycles. The molecule has 7 heteroatoms. The number of nitrogens with zero attached hydrogens (tertiary/aromatic N) is 1. The fraction of sp³-hybridized carbons (Fsp3) is 0.375. The van der Waals surface area contributed by atoms with Crippen LogP contribution in [0.3, 0.4) is 0 Å². The zero-order valence-corrected chi connectivity index (χ0v) is 12.6. The summed E-state index contributed by atoms with van der Waals surface area (Å²) < 4.78 is 13.4. The van der Waals surface area contributed by atoms with Gasteiger partial charge in [-0.25, -0.2) is 4.39 Å². The van der Waals surface area contributed by atoms with Gasteiger partial charge in [0, 0.05) is 18.7 Å². The molecular weight excluding hydrogens is 299 g/mol. The number of aromatic amines is 1. The van der Waals surface area contributed by atoms with Crippen molar-refractivity contribution in [2.24, 2.45) is 0 Å². The van der Waals surface area contributed by atoms with E-state index >= 15 is 0 Å². The summed E-state index contributed by atoms with van der Waals surface area (Å²) in [5, 5.41) is 22.8. The maximum absolute atomic E-state index is 13.4. The number of benzene rings is 1. The minimum atomic E-state index is -0.934. The van der Waals surface area contributed by atoms with Crippen LogP contribution in [0, 0.1) is 5.82 Å². The molecule has 23 heavy (non-hydrogen) atoms. The quantitative estimate of drug-likeness (QED) is 0.678. The maximum Gasteiger partial charge on any atom is 0.255 e. The van der Waals surface area contributed by atoms with Gasteiger partial charge in [-0.3, -0.25) is 9.89 Å². The summed E-state index contributed by atoms with van der Waals surface area (Å²) in [4.78, 5) is 12.4. The molecule has 0 spiro atoms. The molecule has 6 nitrogen and oxygen atoms in total. The molecule has 1 aromatic heterocycles. The van der Waals surface area contributed by atoms with Crippen LogP contribution in [0.1, 0.15) is 23.2 Å². The Bertz CT molecular complexity index is 695. The van der Waals surface area contributed by atoms with Crippen molar-refractivity contribution in [2.45, 2.75) is 18.4 Å². The Hall–Kier alpha value is -2.25. The highest BCUT2D eigenvalue weighted by atomic mass is 19.1. The van der Waals surface area contributed by atoms with Crippen molar-refractivity contribution >= 4 is 5.91 Å². The van der Waals surface area contributed by atoms with Gasteiger partial charge in [-0.2, -0.15) is 5.10 Å². The normalized spacial score (nSPS) is 21.1. The summed E-state index contributed by atoms with van der Waals surface area (Å²) in [7, 11) is 0. The van der Waals surface area contributed by atoms with Crippen molar-refractivity contribution in [1.82, 2.24) is 20.8 Å². The molecule has 1 saturated heterocycles. The second-order valence-corrected chi connectivity index (χ2v) is 5.86. The van der Waals surface area contributed by atoms with E-state index in [0.717, 1.165) is 13.0 Å².